The fraction of sp³-hybridized carbons (Fsp3) is 0.0625. The number of para-hydroxylation sites is 1. The van der Waals surface area contributed by atoms with Crippen molar-refractivity contribution in [3.8, 4) is 0 Å². The first kappa shape index (κ1) is 13.6. The molecule has 0 saturated heterocycles. The third-order valence-electron chi connectivity index (χ3n) is 3.14. The summed E-state index contributed by atoms with van der Waals surface area (Å²) in [6.45, 7) is 1.91. The molecule has 106 valence electrons. The molecule has 5 heteroatoms. The fourth-order valence-electron chi connectivity index (χ4n) is 2.09. The van der Waals surface area contributed by atoms with Gasteiger partial charge in [0, 0.05) is 11.1 Å². The van der Waals surface area contributed by atoms with Crippen LogP contribution in [0.4, 0.5) is 10.1 Å². The summed E-state index contributed by atoms with van der Waals surface area (Å²) in [6, 6.07) is 11.3. The Bertz CT molecular complexity index is 841. The van der Waals surface area contributed by atoms with Crippen molar-refractivity contribution in [3.63, 3.8) is 0 Å². The second-order valence-corrected chi connectivity index (χ2v) is 5.09. The van der Waals surface area contributed by atoms with Crippen LogP contribution in [-0.2, 0) is 0 Å². The van der Waals surface area contributed by atoms with Crippen molar-refractivity contribution in [1.29, 1.82) is 0 Å². The molecule has 0 aliphatic heterocycles. The van der Waals surface area contributed by atoms with E-state index in [1.165, 1.54) is 18.2 Å². The van der Waals surface area contributed by atoms with Crippen LogP contribution >= 0.6 is 11.6 Å². The second kappa shape index (κ2) is 5.22. The van der Waals surface area contributed by atoms with Gasteiger partial charge in [0.05, 0.1) is 5.02 Å². The van der Waals surface area contributed by atoms with Crippen LogP contribution in [0.2, 0.25) is 5.02 Å². The van der Waals surface area contributed by atoms with Crippen LogP contribution in [-0.4, -0.2) is 5.91 Å². The van der Waals surface area contributed by atoms with E-state index in [-0.39, 0.29) is 10.8 Å². The number of anilines is 1. The lowest BCUT2D eigenvalue weighted by atomic mass is 10.2. The van der Waals surface area contributed by atoms with Crippen LogP contribution in [0.25, 0.3) is 11.0 Å². The Labute approximate surface area is 125 Å². The SMILES string of the molecule is Cc1cccc2cc(C(=O)Nc3ccc(F)c(Cl)c3)oc12. The molecule has 1 heterocycles. The molecule has 0 aliphatic carbocycles. The number of benzene rings is 2. The molecule has 1 aromatic heterocycles. The first-order chi connectivity index (χ1) is 10.0. The summed E-state index contributed by atoms with van der Waals surface area (Å²) in [6.07, 6.45) is 0. The molecular formula is C16H11ClFNO2. The molecule has 0 spiro atoms. The monoisotopic (exact) mass is 303 g/mol. The van der Waals surface area contributed by atoms with E-state index in [2.05, 4.69) is 5.32 Å². The maximum Gasteiger partial charge on any atom is 0.291 e. The highest BCUT2D eigenvalue weighted by Gasteiger charge is 2.14. The summed E-state index contributed by atoms with van der Waals surface area (Å²) in [5.74, 6) is -0.748. The van der Waals surface area contributed by atoms with Gasteiger partial charge in [-0.3, -0.25) is 4.79 Å². The highest BCUT2D eigenvalue weighted by atomic mass is 35.5. The van der Waals surface area contributed by atoms with E-state index in [1.807, 2.05) is 25.1 Å². The van der Waals surface area contributed by atoms with Gasteiger partial charge in [0.15, 0.2) is 5.76 Å². The van der Waals surface area contributed by atoms with Gasteiger partial charge in [0.25, 0.3) is 5.91 Å². The lowest BCUT2D eigenvalue weighted by Gasteiger charge is -2.03. The van der Waals surface area contributed by atoms with Crippen LogP contribution in [0.1, 0.15) is 16.1 Å². The molecule has 0 aliphatic rings. The maximum atomic E-state index is 13.1. The Morgan fingerprint density at radius 3 is 2.76 bits per heavy atom. The zero-order valence-electron chi connectivity index (χ0n) is 11.1. The summed E-state index contributed by atoms with van der Waals surface area (Å²) in [4.78, 5) is 12.1. The van der Waals surface area contributed by atoms with E-state index in [9.17, 15) is 9.18 Å². The molecule has 0 atom stereocenters. The quantitative estimate of drug-likeness (QED) is 0.740. The van der Waals surface area contributed by atoms with E-state index >= 15 is 0 Å². The minimum Gasteiger partial charge on any atom is -0.451 e. The molecule has 1 amide bonds. The van der Waals surface area contributed by atoms with Crippen LogP contribution < -0.4 is 5.32 Å². The van der Waals surface area contributed by atoms with Crippen molar-refractivity contribution in [2.45, 2.75) is 6.92 Å². The third kappa shape index (κ3) is 2.62. The Balaban J connectivity index is 1.90. The fourth-order valence-corrected chi connectivity index (χ4v) is 2.27. The van der Waals surface area contributed by atoms with Gasteiger partial charge in [-0.25, -0.2) is 4.39 Å². The molecule has 3 nitrogen and oxygen atoms in total. The molecule has 3 rings (SSSR count). The highest BCUT2D eigenvalue weighted by molar-refractivity contribution is 6.31. The van der Waals surface area contributed by atoms with Gasteiger partial charge < -0.3 is 9.73 Å². The summed E-state index contributed by atoms with van der Waals surface area (Å²) in [5, 5.41) is 3.43. The van der Waals surface area contributed by atoms with Gasteiger partial charge in [-0.1, -0.05) is 29.8 Å². The molecule has 0 fully saturated rings. The van der Waals surface area contributed by atoms with Crippen LogP contribution in [0.5, 0.6) is 0 Å². The average molecular weight is 304 g/mol. The van der Waals surface area contributed by atoms with E-state index in [0.717, 1.165) is 10.9 Å². The Hall–Kier alpha value is -2.33. The van der Waals surface area contributed by atoms with Crippen molar-refractivity contribution in [1.82, 2.24) is 0 Å². The lowest BCUT2D eigenvalue weighted by molar-refractivity contribution is 0.0998. The normalized spacial score (nSPS) is 10.8. The van der Waals surface area contributed by atoms with Crippen molar-refractivity contribution >= 4 is 34.2 Å². The minimum atomic E-state index is -0.533. The number of hydrogen-bond acceptors (Lipinski definition) is 2. The summed E-state index contributed by atoms with van der Waals surface area (Å²) >= 11 is 5.68. The summed E-state index contributed by atoms with van der Waals surface area (Å²) < 4.78 is 18.6. The van der Waals surface area contributed by atoms with Crippen molar-refractivity contribution in [3.05, 3.63) is 64.6 Å². The molecule has 3 aromatic rings. The van der Waals surface area contributed by atoms with Gasteiger partial charge in [0.2, 0.25) is 0 Å². The van der Waals surface area contributed by atoms with Gasteiger partial charge in [0.1, 0.15) is 11.4 Å². The lowest BCUT2D eigenvalue weighted by Crippen LogP contribution is -2.10. The van der Waals surface area contributed by atoms with Gasteiger partial charge in [-0.05, 0) is 36.8 Å². The van der Waals surface area contributed by atoms with E-state index in [1.54, 1.807) is 6.07 Å². The Kier molecular flexibility index (Phi) is 3.39. The maximum absolute atomic E-state index is 13.1. The standard InChI is InChI=1S/C16H11ClFNO2/c1-9-3-2-4-10-7-14(21-15(9)10)16(20)19-11-5-6-13(18)12(17)8-11/h2-8H,1H3,(H,19,20). The van der Waals surface area contributed by atoms with Crippen molar-refractivity contribution in [2.75, 3.05) is 5.32 Å². The van der Waals surface area contributed by atoms with E-state index in [0.29, 0.717) is 11.3 Å². The average Bonchev–Trinajstić information content (AvgIpc) is 2.89. The Morgan fingerprint density at radius 2 is 2.05 bits per heavy atom. The number of halogens is 2. The number of fused-ring (bicyclic) bond motifs is 1. The zero-order valence-corrected chi connectivity index (χ0v) is 11.9. The number of nitrogens with one attached hydrogen (secondary N) is 1. The highest BCUT2D eigenvalue weighted by Crippen LogP contribution is 2.24. The molecular weight excluding hydrogens is 293 g/mol. The molecule has 0 saturated carbocycles. The molecule has 0 unspecified atom stereocenters. The number of furan rings is 1. The third-order valence-corrected chi connectivity index (χ3v) is 3.43. The minimum absolute atomic E-state index is 0.0479. The second-order valence-electron chi connectivity index (χ2n) is 4.69. The number of aryl methyl sites for hydroxylation is 1. The number of rotatable bonds is 2. The first-order valence-electron chi connectivity index (χ1n) is 6.30. The molecule has 2 aromatic carbocycles. The van der Waals surface area contributed by atoms with E-state index in [4.69, 9.17) is 16.0 Å². The number of carbonyl (C=O) groups is 1. The predicted octanol–water partition coefficient (Wildman–Crippen LogP) is 4.79. The largest absolute Gasteiger partial charge is 0.451 e. The predicted molar refractivity (Wildman–Crippen MR) is 80.3 cm³/mol. The first-order valence-corrected chi connectivity index (χ1v) is 6.68. The van der Waals surface area contributed by atoms with Crippen molar-refractivity contribution < 1.29 is 13.6 Å². The van der Waals surface area contributed by atoms with Gasteiger partial charge in [-0.15, -0.1) is 0 Å². The van der Waals surface area contributed by atoms with Gasteiger partial charge >= 0.3 is 0 Å². The van der Waals surface area contributed by atoms with Gasteiger partial charge in [-0.2, -0.15) is 0 Å². The molecule has 1 N–H and O–H groups in total. The summed E-state index contributed by atoms with van der Waals surface area (Å²) in [7, 11) is 0. The molecule has 21 heavy (non-hydrogen) atoms. The van der Waals surface area contributed by atoms with Crippen LogP contribution in [0.3, 0.4) is 0 Å². The number of hydrogen-bond donors (Lipinski definition) is 1. The smallest absolute Gasteiger partial charge is 0.291 e. The summed E-state index contributed by atoms with van der Waals surface area (Å²) in [5.41, 5.74) is 2.04. The van der Waals surface area contributed by atoms with Crippen molar-refractivity contribution in [2.24, 2.45) is 0 Å². The molecule has 0 radical (unpaired) electrons. The zero-order chi connectivity index (χ0) is 15.0. The number of carbonyl (C=O) groups excluding carboxylic acids is 1. The molecule has 0 bridgehead atoms. The van der Waals surface area contributed by atoms with E-state index < -0.39 is 11.7 Å². The van der Waals surface area contributed by atoms with Crippen LogP contribution in [0, 0.1) is 12.7 Å². The number of amides is 1. The van der Waals surface area contributed by atoms with Crippen LogP contribution in [0.15, 0.2) is 46.9 Å². The Morgan fingerprint density at radius 1 is 1.24 bits per heavy atom. The topological polar surface area (TPSA) is 42.2 Å².